The summed E-state index contributed by atoms with van der Waals surface area (Å²) in [5.41, 5.74) is 2.24. The molecule has 3 rings (SSSR count). The molecule has 0 radical (unpaired) electrons. The minimum absolute atomic E-state index is 0.333. The largest absolute Gasteiger partial charge is 0.497 e. The number of methoxy groups -OCH3 is 2. The van der Waals surface area contributed by atoms with Crippen LogP contribution >= 0.6 is 0 Å². The van der Waals surface area contributed by atoms with Gasteiger partial charge >= 0.3 is 0 Å². The molecule has 0 saturated heterocycles. The molecule has 1 aliphatic rings. The number of nitrogens with zero attached hydrogens (tertiary/aromatic N) is 1. The Bertz CT molecular complexity index is 680. The summed E-state index contributed by atoms with van der Waals surface area (Å²) in [5.74, 6) is 1.57. The highest BCUT2D eigenvalue weighted by Gasteiger charge is 2.30. The maximum atomic E-state index is 10.4. The van der Waals surface area contributed by atoms with Gasteiger partial charge in [-0.3, -0.25) is 4.90 Å². The van der Waals surface area contributed by atoms with Crippen LogP contribution in [0.5, 0.6) is 11.5 Å². The van der Waals surface area contributed by atoms with Crippen LogP contribution < -0.4 is 9.47 Å². The van der Waals surface area contributed by atoms with Crippen molar-refractivity contribution in [2.45, 2.75) is 38.1 Å². The minimum Gasteiger partial charge on any atom is -0.497 e. The van der Waals surface area contributed by atoms with Gasteiger partial charge in [-0.2, -0.15) is 0 Å². The molecule has 1 N–H and O–H groups in total. The maximum absolute atomic E-state index is 10.4. The van der Waals surface area contributed by atoms with Gasteiger partial charge in [0.15, 0.2) is 0 Å². The van der Waals surface area contributed by atoms with Gasteiger partial charge in [0, 0.05) is 25.2 Å². The minimum atomic E-state index is -0.512. The van der Waals surface area contributed by atoms with Crippen molar-refractivity contribution in [2.75, 3.05) is 27.4 Å². The predicted molar refractivity (Wildman–Crippen MR) is 105 cm³/mol. The van der Waals surface area contributed by atoms with E-state index in [0.29, 0.717) is 25.8 Å². The number of hydrogen-bond acceptors (Lipinski definition) is 5. The fourth-order valence-electron chi connectivity index (χ4n) is 3.19. The third kappa shape index (κ3) is 6.24. The van der Waals surface area contributed by atoms with Crippen molar-refractivity contribution < 1.29 is 19.3 Å². The fraction of sp³-hybridized carbons (Fsp3) is 0.455. The predicted octanol–water partition coefficient (Wildman–Crippen LogP) is 3.25. The van der Waals surface area contributed by atoms with E-state index in [1.165, 1.54) is 12.8 Å². The lowest BCUT2D eigenvalue weighted by atomic mass is 10.1. The Morgan fingerprint density at radius 3 is 2.26 bits per heavy atom. The van der Waals surface area contributed by atoms with Crippen molar-refractivity contribution in [1.29, 1.82) is 0 Å². The summed E-state index contributed by atoms with van der Waals surface area (Å²) in [6.07, 6.45) is 1.85. The van der Waals surface area contributed by atoms with Gasteiger partial charge in [-0.15, -0.1) is 0 Å². The second-order valence-electron chi connectivity index (χ2n) is 7.04. The summed E-state index contributed by atoms with van der Waals surface area (Å²) in [6.45, 7) is 2.21. The number of rotatable bonds is 11. The molecule has 0 aliphatic heterocycles. The van der Waals surface area contributed by atoms with Gasteiger partial charge in [0.2, 0.25) is 0 Å². The second kappa shape index (κ2) is 9.74. The molecule has 1 saturated carbocycles. The van der Waals surface area contributed by atoms with E-state index >= 15 is 0 Å². The van der Waals surface area contributed by atoms with Crippen molar-refractivity contribution >= 4 is 0 Å². The fourth-order valence-corrected chi connectivity index (χ4v) is 3.19. The average Bonchev–Trinajstić information content (AvgIpc) is 3.53. The van der Waals surface area contributed by atoms with Crippen LogP contribution in [-0.2, 0) is 17.9 Å². The van der Waals surface area contributed by atoms with Crippen molar-refractivity contribution in [3.05, 3.63) is 59.7 Å². The first-order valence-corrected chi connectivity index (χ1v) is 9.43. The summed E-state index contributed by atoms with van der Waals surface area (Å²) in [7, 11) is 3.32. The zero-order valence-electron chi connectivity index (χ0n) is 16.1. The highest BCUT2D eigenvalue weighted by molar-refractivity contribution is 5.38. The Morgan fingerprint density at radius 2 is 1.67 bits per heavy atom. The Morgan fingerprint density at radius 1 is 1.00 bits per heavy atom. The molecule has 0 spiro atoms. The molecule has 2 aromatic carbocycles. The summed E-state index contributed by atoms with van der Waals surface area (Å²) in [6, 6.07) is 16.5. The van der Waals surface area contributed by atoms with Crippen molar-refractivity contribution in [3.63, 3.8) is 0 Å². The highest BCUT2D eigenvalue weighted by atomic mass is 16.5. The van der Waals surface area contributed by atoms with Crippen molar-refractivity contribution in [3.8, 4) is 11.5 Å². The zero-order valence-corrected chi connectivity index (χ0v) is 16.1. The molecule has 0 amide bonds. The van der Waals surface area contributed by atoms with E-state index in [1.807, 2.05) is 48.5 Å². The van der Waals surface area contributed by atoms with E-state index in [2.05, 4.69) is 4.90 Å². The SMILES string of the molecule is COc1cc(CN(C[C@H](O)COCc2ccccc2)C2CC2)cc(OC)c1. The lowest BCUT2D eigenvalue weighted by molar-refractivity contribution is 0.00704. The Labute approximate surface area is 161 Å². The van der Waals surface area contributed by atoms with Crippen LogP contribution in [0.3, 0.4) is 0 Å². The monoisotopic (exact) mass is 371 g/mol. The molecule has 2 aromatic rings. The number of benzene rings is 2. The first kappa shape index (κ1) is 19.7. The normalized spacial score (nSPS) is 15.0. The molecular formula is C22H29NO4. The second-order valence-corrected chi connectivity index (χ2v) is 7.04. The number of hydrogen-bond donors (Lipinski definition) is 1. The van der Waals surface area contributed by atoms with Crippen LogP contribution in [0.4, 0.5) is 0 Å². The van der Waals surface area contributed by atoms with Crippen LogP contribution in [0, 0.1) is 0 Å². The number of aliphatic hydroxyl groups is 1. The van der Waals surface area contributed by atoms with E-state index in [-0.39, 0.29) is 0 Å². The van der Waals surface area contributed by atoms with E-state index < -0.39 is 6.10 Å². The smallest absolute Gasteiger partial charge is 0.122 e. The van der Waals surface area contributed by atoms with Crippen LogP contribution in [0.2, 0.25) is 0 Å². The third-order valence-electron chi connectivity index (χ3n) is 4.73. The molecule has 0 heterocycles. The average molecular weight is 371 g/mol. The maximum Gasteiger partial charge on any atom is 0.122 e. The van der Waals surface area contributed by atoms with Gasteiger partial charge in [-0.1, -0.05) is 30.3 Å². The van der Waals surface area contributed by atoms with E-state index in [4.69, 9.17) is 14.2 Å². The zero-order chi connectivity index (χ0) is 19.1. The summed E-state index contributed by atoms with van der Waals surface area (Å²) >= 11 is 0. The molecule has 0 aromatic heterocycles. The van der Waals surface area contributed by atoms with Gasteiger partial charge in [-0.25, -0.2) is 0 Å². The molecule has 1 atom stereocenters. The van der Waals surface area contributed by atoms with Crippen LogP contribution in [-0.4, -0.2) is 49.5 Å². The van der Waals surface area contributed by atoms with Gasteiger partial charge in [0.25, 0.3) is 0 Å². The molecule has 1 fully saturated rings. The summed E-state index contributed by atoms with van der Waals surface area (Å²) < 4.78 is 16.4. The van der Waals surface area contributed by atoms with Crippen LogP contribution in [0.1, 0.15) is 24.0 Å². The molecule has 0 unspecified atom stereocenters. The van der Waals surface area contributed by atoms with Gasteiger partial charge in [0.05, 0.1) is 33.5 Å². The van der Waals surface area contributed by atoms with E-state index in [9.17, 15) is 5.11 Å². The number of aliphatic hydroxyl groups excluding tert-OH is 1. The van der Waals surface area contributed by atoms with Gasteiger partial charge in [0.1, 0.15) is 11.5 Å². The molecule has 27 heavy (non-hydrogen) atoms. The molecular weight excluding hydrogens is 342 g/mol. The van der Waals surface area contributed by atoms with Crippen molar-refractivity contribution in [2.24, 2.45) is 0 Å². The lowest BCUT2D eigenvalue weighted by Crippen LogP contribution is -2.36. The van der Waals surface area contributed by atoms with Gasteiger partial charge in [-0.05, 0) is 36.1 Å². The van der Waals surface area contributed by atoms with Crippen LogP contribution in [0.25, 0.3) is 0 Å². The molecule has 5 heteroatoms. The first-order chi connectivity index (χ1) is 13.2. The summed E-state index contributed by atoms with van der Waals surface area (Å²) in [5, 5.41) is 10.4. The topological polar surface area (TPSA) is 51.2 Å². The van der Waals surface area contributed by atoms with Gasteiger partial charge < -0.3 is 19.3 Å². The number of ether oxygens (including phenoxy) is 3. The summed E-state index contributed by atoms with van der Waals surface area (Å²) in [4.78, 5) is 2.32. The van der Waals surface area contributed by atoms with E-state index in [1.54, 1.807) is 14.2 Å². The third-order valence-corrected chi connectivity index (χ3v) is 4.73. The Hall–Kier alpha value is -2.08. The standard InChI is InChI=1S/C22H29NO4/c1-25-21-10-18(11-22(12-21)26-2)13-23(19-8-9-19)14-20(24)16-27-15-17-6-4-3-5-7-17/h3-7,10-12,19-20,24H,8-9,13-16H2,1-2H3/t20-/m0/s1. The first-order valence-electron chi connectivity index (χ1n) is 9.43. The molecule has 146 valence electrons. The lowest BCUT2D eigenvalue weighted by Gasteiger charge is -2.25. The van der Waals surface area contributed by atoms with Crippen molar-refractivity contribution in [1.82, 2.24) is 4.90 Å². The highest BCUT2D eigenvalue weighted by Crippen LogP contribution is 2.30. The van der Waals surface area contributed by atoms with Crippen LogP contribution in [0.15, 0.2) is 48.5 Å². The molecule has 1 aliphatic carbocycles. The molecule has 0 bridgehead atoms. The van der Waals surface area contributed by atoms with E-state index in [0.717, 1.165) is 29.2 Å². The Balaban J connectivity index is 1.53. The quantitative estimate of drug-likeness (QED) is 0.657. The molecule has 5 nitrogen and oxygen atoms in total. The Kier molecular flexibility index (Phi) is 7.10.